The summed E-state index contributed by atoms with van der Waals surface area (Å²) in [5.41, 5.74) is 2.82. The van der Waals surface area contributed by atoms with Crippen molar-refractivity contribution in [3.8, 4) is 0 Å². The first-order valence-electron chi connectivity index (χ1n) is 11.7. The van der Waals surface area contributed by atoms with Crippen molar-refractivity contribution in [3.05, 3.63) is 71.8 Å². The molecule has 4 rings (SSSR count). The van der Waals surface area contributed by atoms with Crippen molar-refractivity contribution in [2.45, 2.75) is 24.8 Å². The summed E-state index contributed by atoms with van der Waals surface area (Å²) in [6.07, 6.45) is 6.38. The molecular weight excluding hydrogens is 412 g/mol. The molecule has 2 aromatic carbocycles. The second kappa shape index (κ2) is 9.79. The van der Waals surface area contributed by atoms with Gasteiger partial charge in [-0.2, -0.15) is 0 Å². The summed E-state index contributed by atoms with van der Waals surface area (Å²) in [7, 11) is 5.86. The third kappa shape index (κ3) is 4.81. The van der Waals surface area contributed by atoms with Crippen LogP contribution in [-0.2, 0) is 11.2 Å². The van der Waals surface area contributed by atoms with Crippen molar-refractivity contribution in [1.29, 1.82) is 0 Å². The molecule has 2 aromatic rings. The van der Waals surface area contributed by atoms with Crippen molar-refractivity contribution in [2.75, 3.05) is 52.2 Å². The molecule has 0 bridgehead atoms. The smallest absolute Gasteiger partial charge is 0.327 e. The molecule has 174 valence electrons. The summed E-state index contributed by atoms with van der Waals surface area (Å²) in [6.45, 7) is 2.89. The van der Waals surface area contributed by atoms with Crippen LogP contribution in [-0.4, -0.2) is 79.5 Å². The number of benzene rings is 2. The number of rotatable bonds is 7. The number of likely N-dealkylation sites (N-methyl/N-ethyl adjacent to an activating group) is 1. The predicted molar refractivity (Wildman–Crippen MR) is 133 cm³/mol. The predicted octanol–water partition coefficient (Wildman–Crippen LogP) is 3.74. The van der Waals surface area contributed by atoms with E-state index in [2.05, 4.69) is 46.2 Å². The lowest BCUT2D eigenvalue weighted by Crippen LogP contribution is -2.55. The Labute approximate surface area is 197 Å². The number of hydrogen-bond acceptors (Lipinski definition) is 4. The topological polar surface area (TPSA) is 47.1 Å². The highest BCUT2D eigenvalue weighted by atomic mass is 16.2. The van der Waals surface area contributed by atoms with Crippen molar-refractivity contribution in [2.24, 2.45) is 0 Å². The van der Waals surface area contributed by atoms with Crippen molar-refractivity contribution in [3.63, 3.8) is 0 Å². The summed E-state index contributed by atoms with van der Waals surface area (Å²) in [6, 6.07) is 18.3. The monoisotopic (exact) mass is 446 g/mol. The number of piperidine rings is 1. The van der Waals surface area contributed by atoms with Gasteiger partial charge in [0.1, 0.15) is 5.54 Å². The second-order valence-corrected chi connectivity index (χ2v) is 9.25. The summed E-state index contributed by atoms with van der Waals surface area (Å²) in [5.74, 6) is -0.0258. The standard InChI is InChI=1S/C27H34N4O2/c1-28(2)24-13-11-23(12-14-24)10-7-18-30-20-16-27(17-21-30)25(32)31(26(33)29(27)3)19-15-22-8-5-4-6-9-22/h4-14H,15-21H2,1-3H3. The number of carbonyl (C=O) groups excluding carboxylic acids is 2. The fourth-order valence-electron chi connectivity index (χ4n) is 4.80. The van der Waals surface area contributed by atoms with Crippen LogP contribution in [0.15, 0.2) is 60.7 Å². The first kappa shape index (κ1) is 23.1. The van der Waals surface area contributed by atoms with E-state index in [1.807, 2.05) is 44.4 Å². The van der Waals surface area contributed by atoms with Gasteiger partial charge in [-0.3, -0.25) is 14.6 Å². The Morgan fingerprint density at radius 1 is 0.970 bits per heavy atom. The SMILES string of the molecule is CN(C)c1ccc(C=CCN2CCC3(CC2)C(=O)N(CCc2ccccc2)C(=O)N3C)cc1. The molecule has 33 heavy (non-hydrogen) atoms. The van der Waals surface area contributed by atoms with Crippen LogP contribution in [0.1, 0.15) is 24.0 Å². The molecule has 0 N–H and O–H groups in total. The molecule has 1 spiro atoms. The quantitative estimate of drug-likeness (QED) is 0.608. The first-order valence-corrected chi connectivity index (χ1v) is 11.7. The average molecular weight is 447 g/mol. The van der Waals surface area contributed by atoms with Crippen molar-refractivity contribution in [1.82, 2.24) is 14.7 Å². The Morgan fingerprint density at radius 3 is 2.27 bits per heavy atom. The Hall–Kier alpha value is -3.12. The summed E-state index contributed by atoms with van der Waals surface area (Å²) >= 11 is 0. The normalized spacial score (nSPS) is 18.6. The van der Waals surface area contributed by atoms with Gasteiger partial charge in [-0.05, 0) is 42.5 Å². The minimum atomic E-state index is -0.685. The van der Waals surface area contributed by atoms with Gasteiger partial charge in [0, 0.05) is 53.0 Å². The van der Waals surface area contributed by atoms with Gasteiger partial charge in [-0.25, -0.2) is 4.79 Å². The van der Waals surface area contributed by atoms with Crippen LogP contribution in [0.5, 0.6) is 0 Å². The van der Waals surface area contributed by atoms with Gasteiger partial charge in [0.15, 0.2) is 0 Å². The van der Waals surface area contributed by atoms with E-state index in [1.54, 1.807) is 11.9 Å². The molecule has 0 radical (unpaired) electrons. The number of nitrogens with zero attached hydrogens (tertiary/aromatic N) is 4. The minimum absolute atomic E-state index is 0.0258. The molecule has 2 fully saturated rings. The van der Waals surface area contributed by atoms with Gasteiger partial charge in [0.05, 0.1) is 0 Å². The van der Waals surface area contributed by atoms with E-state index < -0.39 is 5.54 Å². The molecule has 2 aliphatic rings. The molecule has 2 heterocycles. The van der Waals surface area contributed by atoms with E-state index in [-0.39, 0.29) is 11.9 Å². The molecule has 0 atom stereocenters. The fourth-order valence-corrected chi connectivity index (χ4v) is 4.80. The Morgan fingerprint density at radius 2 is 1.64 bits per heavy atom. The molecule has 6 heteroatoms. The molecule has 0 unspecified atom stereocenters. The number of likely N-dealkylation sites (tertiary alicyclic amines) is 1. The maximum atomic E-state index is 13.3. The highest BCUT2D eigenvalue weighted by Crippen LogP contribution is 2.36. The molecule has 0 aromatic heterocycles. The Bertz CT molecular complexity index is 993. The second-order valence-electron chi connectivity index (χ2n) is 9.25. The summed E-state index contributed by atoms with van der Waals surface area (Å²) in [5, 5.41) is 0. The number of carbonyl (C=O) groups is 2. The van der Waals surface area contributed by atoms with E-state index in [0.29, 0.717) is 25.8 Å². The lowest BCUT2D eigenvalue weighted by molar-refractivity contribution is -0.135. The molecule has 3 amide bonds. The Balaban J connectivity index is 1.31. The van der Waals surface area contributed by atoms with Crippen LogP contribution < -0.4 is 4.90 Å². The maximum Gasteiger partial charge on any atom is 0.327 e. The largest absolute Gasteiger partial charge is 0.378 e. The van der Waals surface area contributed by atoms with Crippen LogP contribution in [0.25, 0.3) is 6.08 Å². The minimum Gasteiger partial charge on any atom is -0.378 e. The zero-order valence-electron chi connectivity index (χ0n) is 19.9. The fraction of sp³-hybridized carbons (Fsp3) is 0.407. The maximum absolute atomic E-state index is 13.3. The van der Waals surface area contributed by atoms with E-state index in [4.69, 9.17) is 0 Å². The number of amides is 3. The van der Waals surface area contributed by atoms with Crippen LogP contribution >= 0.6 is 0 Å². The van der Waals surface area contributed by atoms with E-state index >= 15 is 0 Å². The highest BCUT2D eigenvalue weighted by molar-refractivity contribution is 6.07. The van der Waals surface area contributed by atoms with Gasteiger partial charge >= 0.3 is 6.03 Å². The van der Waals surface area contributed by atoms with E-state index in [1.165, 1.54) is 16.2 Å². The lowest BCUT2D eigenvalue weighted by atomic mass is 9.86. The van der Waals surface area contributed by atoms with Gasteiger partial charge in [0.25, 0.3) is 5.91 Å². The molecule has 2 aliphatic heterocycles. The first-order chi connectivity index (χ1) is 15.9. The van der Waals surface area contributed by atoms with Crippen LogP contribution in [0.3, 0.4) is 0 Å². The molecular formula is C27H34N4O2. The van der Waals surface area contributed by atoms with Gasteiger partial charge < -0.3 is 9.80 Å². The van der Waals surface area contributed by atoms with Gasteiger partial charge in [-0.1, -0.05) is 54.6 Å². The average Bonchev–Trinajstić information content (AvgIpc) is 3.00. The molecule has 0 saturated carbocycles. The molecule has 6 nitrogen and oxygen atoms in total. The number of urea groups is 1. The lowest BCUT2D eigenvalue weighted by Gasteiger charge is -2.40. The number of hydrogen-bond donors (Lipinski definition) is 0. The molecule has 0 aliphatic carbocycles. The van der Waals surface area contributed by atoms with Crippen molar-refractivity contribution >= 4 is 23.7 Å². The Kier molecular flexibility index (Phi) is 6.84. The third-order valence-corrected chi connectivity index (χ3v) is 7.04. The van der Waals surface area contributed by atoms with E-state index in [9.17, 15) is 9.59 Å². The van der Waals surface area contributed by atoms with Crippen molar-refractivity contribution < 1.29 is 9.59 Å². The van der Waals surface area contributed by atoms with E-state index in [0.717, 1.165) is 25.2 Å². The molecule has 2 saturated heterocycles. The van der Waals surface area contributed by atoms with Gasteiger partial charge in [0.2, 0.25) is 0 Å². The van der Waals surface area contributed by atoms with Crippen LogP contribution in [0, 0.1) is 0 Å². The van der Waals surface area contributed by atoms with Crippen LogP contribution in [0.2, 0.25) is 0 Å². The highest BCUT2D eigenvalue weighted by Gasteiger charge is 2.56. The zero-order valence-corrected chi connectivity index (χ0v) is 19.9. The van der Waals surface area contributed by atoms with Gasteiger partial charge in [-0.15, -0.1) is 0 Å². The number of anilines is 1. The zero-order chi connectivity index (χ0) is 23.4. The summed E-state index contributed by atoms with van der Waals surface area (Å²) in [4.78, 5) is 33.8. The van der Waals surface area contributed by atoms with Crippen LogP contribution in [0.4, 0.5) is 10.5 Å². The number of imide groups is 1. The summed E-state index contributed by atoms with van der Waals surface area (Å²) < 4.78 is 0. The third-order valence-electron chi connectivity index (χ3n) is 7.04.